The van der Waals surface area contributed by atoms with E-state index in [0.717, 1.165) is 18.6 Å². The summed E-state index contributed by atoms with van der Waals surface area (Å²) in [4.78, 5) is 11.4. The van der Waals surface area contributed by atoms with Gasteiger partial charge < -0.3 is 10.6 Å². The lowest BCUT2D eigenvalue weighted by Gasteiger charge is -2.38. The van der Waals surface area contributed by atoms with E-state index >= 15 is 0 Å². The van der Waals surface area contributed by atoms with Gasteiger partial charge >= 0.3 is 0 Å². The van der Waals surface area contributed by atoms with Crippen LogP contribution in [0.15, 0.2) is 12.1 Å². The zero-order chi connectivity index (χ0) is 14.9. The second kappa shape index (κ2) is 5.70. The molecule has 20 heavy (non-hydrogen) atoms. The topological polar surface area (TPSA) is 72.4 Å². The molecule has 2 rings (SSSR count). The number of anilines is 1. The lowest BCUT2D eigenvalue weighted by molar-refractivity contribution is -0.385. The molecule has 0 spiro atoms. The molecule has 0 bridgehead atoms. The van der Waals surface area contributed by atoms with Crippen molar-refractivity contribution in [3.8, 4) is 0 Å². The van der Waals surface area contributed by atoms with Crippen LogP contribution in [0.4, 0.5) is 20.2 Å². The molecular weight excluding hydrogens is 268 g/mol. The van der Waals surface area contributed by atoms with Crippen LogP contribution in [-0.4, -0.2) is 24.6 Å². The first-order valence-electron chi connectivity index (χ1n) is 6.52. The number of hydrogen-bond donors (Lipinski definition) is 1. The molecule has 1 heterocycles. The molecule has 0 aromatic heterocycles. The Morgan fingerprint density at radius 3 is 2.55 bits per heavy atom. The summed E-state index contributed by atoms with van der Waals surface area (Å²) in [5.74, 6) is -1.23. The molecule has 1 fully saturated rings. The molecule has 5 nitrogen and oxygen atoms in total. The van der Waals surface area contributed by atoms with Crippen molar-refractivity contribution >= 4 is 11.4 Å². The molecule has 0 amide bonds. The first-order valence-corrected chi connectivity index (χ1v) is 6.52. The Morgan fingerprint density at radius 2 is 2.05 bits per heavy atom. The van der Waals surface area contributed by atoms with Crippen LogP contribution in [0.2, 0.25) is 0 Å². The summed E-state index contributed by atoms with van der Waals surface area (Å²) in [6.07, 6.45) is 0.789. The number of non-ortho nitro benzene ring substituents is 1. The number of halogens is 2. The van der Waals surface area contributed by atoms with Crippen LogP contribution in [0.3, 0.4) is 0 Å². The summed E-state index contributed by atoms with van der Waals surface area (Å²) in [6.45, 7) is 3.50. The molecule has 7 heteroatoms. The Kier molecular flexibility index (Phi) is 4.17. The van der Waals surface area contributed by atoms with Gasteiger partial charge in [-0.25, -0.2) is 8.78 Å². The van der Waals surface area contributed by atoms with E-state index in [2.05, 4.69) is 6.92 Å². The lowest BCUT2D eigenvalue weighted by Crippen LogP contribution is -2.43. The number of rotatable bonds is 3. The number of nitro groups is 1. The van der Waals surface area contributed by atoms with Crippen LogP contribution in [-0.2, 0) is 0 Å². The Bertz CT molecular complexity index is 501. The van der Waals surface area contributed by atoms with Gasteiger partial charge in [0.2, 0.25) is 0 Å². The van der Waals surface area contributed by atoms with Crippen LogP contribution in [0.1, 0.15) is 13.3 Å². The fraction of sp³-hybridized carbons (Fsp3) is 0.538. The van der Waals surface area contributed by atoms with Crippen molar-refractivity contribution in [1.29, 1.82) is 0 Å². The highest BCUT2D eigenvalue weighted by Gasteiger charge is 2.29. The Hall–Kier alpha value is -1.76. The van der Waals surface area contributed by atoms with Gasteiger partial charge in [0.1, 0.15) is 5.69 Å². The molecule has 1 saturated heterocycles. The summed E-state index contributed by atoms with van der Waals surface area (Å²) in [6, 6.07) is 1.52. The van der Waals surface area contributed by atoms with Gasteiger partial charge in [0.25, 0.3) is 5.69 Å². The second-order valence-corrected chi connectivity index (χ2v) is 5.22. The van der Waals surface area contributed by atoms with E-state index < -0.39 is 22.2 Å². The highest BCUT2D eigenvalue weighted by Crippen LogP contribution is 2.32. The normalized spacial score (nSPS) is 22.9. The van der Waals surface area contributed by atoms with Gasteiger partial charge in [-0.2, -0.15) is 0 Å². The smallest absolute Gasteiger partial charge is 0.275 e. The summed E-state index contributed by atoms with van der Waals surface area (Å²) in [7, 11) is 0. The van der Waals surface area contributed by atoms with Gasteiger partial charge in [-0.15, -0.1) is 0 Å². The summed E-state index contributed by atoms with van der Waals surface area (Å²) in [5, 5.41) is 10.6. The van der Waals surface area contributed by atoms with E-state index in [0.29, 0.717) is 25.6 Å². The number of hydrogen-bond acceptors (Lipinski definition) is 4. The van der Waals surface area contributed by atoms with Gasteiger partial charge in [-0.1, -0.05) is 6.92 Å². The van der Waals surface area contributed by atoms with Gasteiger partial charge in [-0.05, 0) is 24.8 Å². The van der Waals surface area contributed by atoms with Crippen molar-refractivity contribution in [3.05, 3.63) is 33.9 Å². The average molecular weight is 285 g/mol. The van der Waals surface area contributed by atoms with Crippen molar-refractivity contribution in [2.75, 3.05) is 24.5 Å². The van der Waals surface area contributed by atoms with Crippen molar-refractivity contribution < 1.29 is 13.7 Å². The van der Waals surface area contributed by atoms with E-state index in [9.17, 15) is 18.9 Å². The minimum Gasteiger partial charge on any atom is -0.366 e. The quantitative estimate of drug-likeness (QED) is 0.683. The summed E-state index contributed by atoms with van der Waals surface area (Å²) < 4.78 is 27.9. The zero-order valence-electron chi connectivity index (χ0n) is 11.2. The van der Waals surface area contributed by atoms with Gasteiger partial charge in [0.15, 0.2) is 11.6 Å². The minimum absolute atomic E-state index is 0.165. The number of nitro benzene ring substituents is 1. The van der Waals surface area contributed by atoms with Crippen LogP contribution in [0, 0.1) is 33.6 Å². The maximum absolute atomic E-state index is 14.0. The highest BCUT2D eigenvalue weighted by atomic mass is 19.1. The van der Waals surface area contributed by atoms with Crippen molar-refractivity contribution in [3.63, 3.8) is 0 Å². The molecule has 0 saturated carbocycles. The molecule has 1 aliphatic rings. The fourth-order valence-electron chi connectivity index (χ4n) is 2.62. The van der Waals surface area contributed by atoms with Gasteiger partial charge in [-0.3, -0.25) is 10.1 Å². The first kappa shape index (κ1) is 14.6. The van der Waals surface area contributed by atoms with Gasteiger partial charge in [0.05, 0.1) is 17.1 Å². The molecular formula is C13H17F2N3O2. The number of benzene rings is 1. The molecule has 0 aliphatic carbocycles. The Morgan fingerprint density at radius 1 is 1.45 bits per heavy atom. The SMILES string of the molecule is CC1CCN(c2c(F)cc([N+](=O)[O-])cc2F)CC1CN. The van der Waals surface area contributed by atoms with E-state index in [4.69, 9.17) is 5.73 Å². The molecule has 1 aliphatic heterocycles. The molecule has 1 aromatic rings. The molecule has 2 unspecified atom stereocenters. The largest absolute Gasteiger partial charge is 0.366 e. The number of nitrogens with two attached hydrogens (primary N) is 1. The predicted molar refractivity (Wildman–Crippen MR) is 71.6 cm³/mol. The molecule has 110 valence electrons. The predicted octanol–water partition coefficient (Wildman–Crippen LogP) is 2.29. The third kappa shape index (κ3) is 2.72. The fourth-order valence-corrected chi connectivity index (χ4v) is 2.62. The van der Waals surface area contributed by atoms with E-state index in [1.54, 1.807) is 4.90 Å². The van der Waals surface area contributed by atoms with Crippen molar-refractivity contribution in [2.24, 2.45) is 17.6 Å². The highest BCUT2D eigenvalue weighted by molar-refractivity contribution is 5.54. The Labute approximate surface area is 115 Å². The molecule has 2 N–H and O–H groups in total. The number of piperidine rings is 1. The number of nitrogens with zero attached hydrogens (tertiary/aromatic N) is 2. The second-order valence-electron chi connectivity index (χ2n) is 5.22. The standard InChI is InChI=1S/C13H17F2N3O2/c1-8-2-3-17(7-9(8)6-16)13-11(14)4-10(18(19)20)5-12(13)15/h4-5,8-9H,2-3,6-7,16H2,1H3. The van der Waals surface area contributed by atoms with Crippen LogP contribution in [0.25, 0.3) is 0 Å². The monoisotopic (exact) mass is 285 g/mol. The average Bonchev–Trinajstić information content (AvgIpc) is 2.39. The third-order valence-electron chi connectivity index (χ3n) is 3.95. The van der Waals surface area contributed by atoms with Crippen molar-refractivity contribution in [1.82, 2.24) is 0 Å². The van der Waals surface area contributed by atoms with Crippen LogP contribution in [0.5, 0.6) is 0 Å². The lowest BCUT2D eigenvalue weighted by atomic mass is 9.87. The van der Waals surface area contributed by atoms with Crippen LogP contribution < -0.4 is 10.6 Å². The van der Waals surface area contributed by atoms with E-state index in [1.807, 2.05) is 0 Å². The van der Waals surface area contributed by atoms with E-state index in [-0.39, 0.29) is 11.6 Å². The Balaban J connectivity index is 2.31. The maximum Gasteiger partial charge on any atom is 0.275 e. The van der Waals surface area contributed by atoms with Crippen molar-refractivity contribution in [2.45, 2.75) is 13.3 Å². The summed E-state index contributed by atoms with van der Waals surface area (Å²) in [5.41, 5.74) is 4.90. The van der Waals surface area contributed by atoms with E-state index in [1.165, 1.54) is 0 Å². The molecule has 1 aromatic carbocycles. The third-order valence-corrected chi connectivity index (χ3v) is 3.95. The van der Waals surface area contributed by atoms with Crippen LogP contribution >= 0.6 is 0 Å². The molecule has 0 radical (unpaired) electrons. The first-order chi connectivity index (χ1) is 9.43. The minimum atomic E-state index is -0.901. The molecule has 2 atom stereocenters. The maximum atomic E-state index is 14.0. The summed E-state index contributed by atoms with van der Waals surface area (Å²) >= 11 is 0. The zero-order valence-corrected chi connectivity index (χ0v) is 11.2. The van der Waals surface area contributed by atoms with Gasteiger partial charge in [0, 0.05) is 13.1 Å².